The van der Waals surface area contributed by atoms with Gasteiger partial charge in [-0.3, -0.25) is 9.78 Å². The second-order valence-corrected chi connectivity index (χ2v) is 9.75. The highest BCUT2D eigenvalue weighted by atomic mass is 32.1. The van der Waals surface area contributed by atoms with Crippen molar-refractivity contribution < 1.29 is 14.3 Å². The molecule has 1 fully saturated rings. The number of carbonyl (C=O) groups is 1. The summed E-state index contributed by atoms with van der Waals surface area (Å²) >= 11 is 5.78. The Balaban J connectivity index is 1.38. The first-order valence-electron chi connectivity index (χ1n) is 12.4. The highest BCUT2D eigenvalue weighted by Gasteiger charge is 2.42. The third kappa shape index (κ3) is 4.35. The number of rotatable bonds is 6. The SMILES string of the molecule is Cc1cc(C2C(c3ccccn3)NC(=S)N2CC(=O)Nc2ccccc2)c(C)n1-c1ccc2c(c1)OCO2. The van der Waals surface area contributed by atoms with Gasteiger partial charge < -0.3 is 29.6 Å². The van der Waals surface area contributed by atoms with Crippen LogP contribution in [0, 0.1) is 13.8 Å². The fourth-order valence-corrected chi connectivity index (χ4v) is 5.60. The number of nitrogens with zero attached hydrogens (tertiary/aromatic N) is 3. The number of amides is 1. The van der Waals surface area contributed by atoms with E-state index in [1.807, 2.05) is 71.6 Å². The quantitative estimate of drug-likeness (QED) is 0.349. The van der Waals surface area contributed by atoms with Crippen LogP contribution < -0.4 is 20.1 Å². The first kappa shape index (κ1) is 24.0. The number of aromatic nitrogens is 2. The Labute approximate surface area is 226 Å². The molecule has 2 aliphatic heterocycles. The summed E-state index contributed by atoms with van der Waals surface area (Å²) in [6, 6.07) is 22.9. The molecule has 0 radical (unpaired) electrons. The van der Waals surface area contributed by atoms with Crippen LogP contribution in [0.5, 0.6) is 11.5 Å². The lowest BCUT2D eigenvalue weighted by Crippen LogP contribution is -2.37. The van der Waals surface area contributed by atoms with Gasteiger partial charge in [0.2, 0.25) is 12.7 Å². The van der Waals surface area contributed by atoms with Gasteiger partial charge in [0.25, 0.3) is 0 Å². The number of carbonyl (C=O) groups excluding carboxylic acids is 1. The Hall–Kier alpha value is -4.37. The summed E-state index contributed by atoms with van der Waals surface area (Å²) in [6.07, 6.45) is 1.78. The second-order valence-electron chi connectivity index (χ2n) is 9.37. The zero-order valence-electron chi connectivity index (χ0n) is 21.0. The van der Waals surface area contributed by atoms with Crippen LogP contribution in [-0.2, 0) is 4.79 Å². The minimum absolute atomic E-state index is 0.0996. The number of pyridine rings is 1. The summed E-state index contributed by atoms with van der Waals surface area (Å²) in [5.41, 5.74) is 5.76. The van der Waals surface area contributed by atoms with E-state index in [0.717, 1.165) is 45.5 Å². The van der Waals surface area contributed by atoms with E-state index in [0.29, 0.717) is 5.11 Å². The van der Waals surface area contributed by atoms with E-state index in [1.54, 1.807) is 6.20 Å². The van der Waals surface area contributed by atoms with Crippen LogP contribution in [0.3, 0.4) is 0 Å². The third-order valence-corrected chi connectivity index (χ3v) is 7.32. The van der Waals surface area contributed by atoms with Gasteiger partial charge in [-0.25, -0.2) is 0 Å². The Morgan fingerprint density at radius 3 is 2.63 bits per heavy atom. The molecule has 0 aliphatic carbocycles. The number of nitrogens with one attached hydrogen (secondary N) is 2. The van der Waals surface area contributed by atoms with Crippen LogP contribution in [0.2, 0.25) is 0 Å². The molecule has 9 heteroatoms. The van der Waals surface area contributed by atoms with Crippen LogP contribution in [0.25, 0.3) is 5.69 Å². The topological polar surface area (TPSA) is 80.7 Å². The van der Waals surface area contributed by atoms with Gasteiger partial charge in [-0.05, 0) is 74.1 Å². The van der Waals surface area contributed by atoms with Gasteiger partial charge in [-0.15, -0.1) is 0 Å². The molecule has 6 rings (SSSR count). The highest BCUT2D eigenvalue weighted by molar-refractivity contribution is 7.80. The summed E-state index contributed by atoms with van der Waals surface area (Å²) in [4.78, 5) is 19.7. The van der Waals surface area contributed by atoms with Crippen molar-refractivity contribution in [2.45, 2.75) is 25.9 Å². The van der Waals surface area contributed by atoms with Gasteiger partial charge in [0.15, 0.2) is 16.6 Å². The molecule has 0 spiro atoms. The van der Waals surface area contributed by atoms with E-state index in [9.17, 15) is 4.79 Å². The maximum absolute atomic E-state index is 13.1. The normalized spacial score (nSPS) is 17.9. The smallest absolute Gasteiger partial charge is 0.244 e. The van der Waals surface area contributed by atoms with Crippen LogP contribution in [0.15, 0.2) is 79.0 Å². The molecule has 2 aromatic heterocycles. The average Bonchev–Trinajstić information content (AvgIpc) is 3.60. The molecular weight excluding hydrogens is 498 g/mol. The van der Waals surface area contributed by atoms with Crippen molar-refractivity contribution >= 4 is 28.9 Å². The number of anilines is 1. The number of hydrogen-bond donors (Lipinski definition) is 2. The molecule has 2 aromatic carbocycles. The first-order valence-corrected chi connectivity index (χ1v) is 12.8. The third-order valence-electron chi connectivity index (χ3n) is 6.97. The van der Waals surface area contributed by atoms with E-state index >= 15 is 0 Å². The number of thiocarbonyl (C=S) groups is 1. The van der Waals surface area contributed by atoms with E-state index in [2.05, 4.69) is 40.1 Å². The molecule has 2 unspecified atom stereocenters. The number of para-hydroxylation sites is 1. The standard InChI is InChI=1S/C29H27N5O3S/c1-18-14-22(19(2)34(18)21-11-12-24-25(15-21)37-17-36-24)28-27(23-10-6-7-13-30-23)32-29(38)33(28)16-26(35)31-20-8-4-3-5-9-20/h3-15,27-28H,16-17H2,1-2H3,(H,31,35)(H,32,38). The number of fused-ring (bicyclic) bond motifs is 1. The summed E-state index contributed by atoms with van der Waals surface area (Å²) < 4.78 is 13.3. The van der Waals surface area contributed by atoms with Crippen molar-refractivity contribution in [2.24, 2.45) is 0 Å². The van der Waals surface area contributed by atoms with Crippen molar-refractivity contribution in [3.63, 3.8) is 0 Å². The van der Waals surface area contributed by atoms with Gasteiger partial charge in [-0.2, -0.15) is 0 Å². The van der Waals surface area contributed by atoms with Gasteiger partial charge in [0, 0.05) is 35.0 Å². The Bertz CT molecular complexity index is 1510. The van der Waals surface area contributed by atoms with Gasteiger partial charge in [0.05, 0.1) is 17.8 Å². The molecule has 192 valence electrons. The number of benzene rings is 2. The van der Waals surface area contributed by atoms with Crippen LogP contribution in [0.4, 0.5) is 5.69 Å². The monoisotopic (exact) mass is 525 g/mol. The summed E-state index contributed by atoms with van der Waals surface area (Å²) in [6.45, 7) is 4.49. The lowest BCUT2D eigenvalue weighted by atomic mass is 9.96. The molecule has 0 bridgehead atoms. The molecule has 2 atom stereocenters. The van der Waals surface area contributed by atoms with E-state index in [4.69, 9.17) is 21.7 Å². The zero-order chi connectivity index (χ0) is 26.2. The Kier molecular flexibility index (Phi) is 6.21. The number of aryl methyl sites for hydroxylation is 1. The first-order chi connectivity index (χ1) is 18.5. The predicted molar refractivity (Wildman–Crippen MR) is 149 cm³/mol. The molecule has 2 aliphatic rings. The van der Waals surface area contributed by atoms with E-state index in [1.165, 1.54) is 0 Å². The van der Waals surface area contributed by atoms with Gasteiger partial charge >= 0.3 is 0 Å². The van der Waals surface area contributed by atoms with E-state index < -0.39 is 0 Å². The predicted octanol–water partition coefficient (Wildman–Crippen LogP) is 4.83. The van der Waals surface area contributed by atoms with Crippen molar-refractivity contribution in [3.8, 4) is 17.2 Å². The Morgan fingerprint density at radius 2 is 1.84 bits per heavy atom. The fraction of sp³-hybridized carbons (Fsp3) is 0.207. The maximum Gasteiger partial charge on any atom is 0.244 e. The molecule has 4 aromatic rings. The molecule has 8 nitrogen and oxygen atoms in total. The summed E-state index contributed by atoms with van der Waals surface area (Å²) in [5, 5.41) is 6.93. The fourth-order valence-electron chi connectivity index (χ4n) is 5.30. The lowest BCUT2D eigenvalue weighted by molar-refractivity contribution is -0.116. The van der Waals surface area contributed by atoms with Crippen molar-refractivity contribution in [3.05, 3.63) is 102 Å². The lowest BCUT2D eigenvalue weighted by Gasteiger charge is -2.27. The van der Waals surface area contributed by atoms with Crippen LogP contribution in [-0.4, -0.2) is 38.8 Å². The largest absolute Gasteiger partial charge is 0.454 e. The van der Waals surface area contributed by atoms with Crippen molar-refractivity contribution in [1.82, 2.24) is 19.8 Å². The van der Waals surface area contributed by atoms with Crippen molar-refractivity contribution in [1.29, 1.82) is 0 Å². The maximum atomic E-state index is 13.1. The molecule has 1 saturated heterocycles. The molecule has 4 heterocycles. The molecule has 1 amide bonds. The molecular formula is C29H27N5O3S. The van der Waals surface area contributed by atoms with Gasteiger partial charge in [-0.1, -0.05) is 24.3 Å². The highest BCUT2D eigenvalue weighted by Crippen LogP contribution is 2.42. The Morgan fingerprint density at radius 1 is 1.05 bits per heavy atom. The number of ether oxygens (including phenoxy) is 2. The molecule has 2 N–H and O–H groups in total. The molecule has 38 heavy (non-hydrogen) atoms. The van der Waals surface area contributed by atoms with E-state index in [-0.39, 0.29) is 31.3 Å². The zero-order valence-corrected chi connectivity index (χ0v) is 21.9. The van der Waals surface area contributed by atoms with Crippen molar-refractivity contribution in [2.75, 3.05) is 18.7 Å². The second kappa shape index (κ2) is 9.83. The van der Waals surface area contributed by atoms with Crippen LogP contribution >= 0.6 is 12.2 Å². The number of hydrogen-bond acceptors (Lipinski definition) is 5. The van der Waals surface area contributed by atoms with Crippen LogP contribution in [0.1, 0.15) is 34.7 Å². The van der Waals surface area contributed by atoms with Gasteiger partial charge in [0.1, 0.15) is 6.54 Å². The minimum Gasteiger partial charge on any atom is -0.454 e. The summed E-state index contributed by atoms with van der Waals surface area (Å²) in [7, 11) is 0. The average molecular weight is 526 g/mol. The molecule has 0 saturated carbocycles. The summed E-state index contributed by atoms with van der Waals surface area (Å²) in [5.74, 6) is 1.33. The minimum atomic E-state index is -0.243.